The maximum Gasteiger partial charge on any atom is 0.270 e. The SMILES string of the molecule is CCC/C(CCl)=N\NC1=Nc2ccc([N+](=O)[O-])cc2C(c2ccccc2Cl)=NC1. The third-order valence-corrected chi connectivity index (χ3v) is 4.89. The first-order valence-electron chi connectivity index (χ1n) is 9.06. The predicted octanol–water partition coefficient (Wildman–Crippen LogP) is 5.11. The highest BCUT2D eigenvalue weighted by Crippen LogP contribution is 2.31. The number of benzene rings is 2. The zero-order valence-corrected chi connectivity index (χ0v) is 17.2. The summed E-state index contributed by atoms with van der Waals surface area (Å²) in [5.41, 5.74) is 6.04. The summed E-state index contributed by atoms with van der Waals surface area (Å²) in [6.45, 7) is 2.27. The molecule has 3 rings (SSSR count). The number of halogens is 2. The van der Waals surface area contributed by atoms with Gasteiger partial charge in [0.2, 0.25) is 0 Å². The van der Waals surface area contributed by atoms with Crippen LogP contribution in [0.3, 0.4) is 0 Å². The zero-order valence-electron chi connectivity index (χ0n) is 15.7. The molecule has 29 heavy (non-hydrogen) atoms. The van der Waals surface area contributed by atoms with Crippen LogP contribution in [0, 0.1) is 10.1 Å². The van der Waals surface area contributed by atoms with E-state index in [1.54, 1.807) is 12.1 Å². The van der Waals surface area contributed by atoms with Crippen molar-refractivity contribution in [2.45, 2.75) is 19.8 Å². The van der Waals surface area contributed by atoms with Gasteiger partial charge in [-0.1, -0.05) is 43.1 Å². The van der Waals surface area contributed by atoms with Crippen molar-refractivity contribution in [1.29, 1.82) is 0 Å². The van der Waals surface area contributed by atoms with E-state index in [0.717, 1.165) is 18.6 Å². The largest absolute Gasteiger partial charge is 0.276 e. The number of non-ortho nitro benzene ring substituents is 1. The molecule has 150 valence electrons. The smallest absolute Gasteiger partial charge is 0.270 e. The van der Waals surface area contributed by atoms with Gasteiger partial charge >= 0.3 is 0 Å². The molecular weight excluding hydrogens is 413 g/mol. The van der Waals surface area contributed by atoms with Crippen LogP contribution in [0.4, 0.5) is 11.4 Å². The topological polar surface area (TPSA) is 92.2 Å². The van der Waals surface area contributed by atoms with Gasteiger partial charge in [-0.15, -0.1) is 11.6 Å². The van der Waals surface area contributed by atoms with E-state index in [2.05, 4.69) is 27.4 Å². The fourth-order valence-electron chi connectivity index (χ4n) is 2.87. The van der Waals surface area contributed by atoms with Gasteiger partial charge in [-0.3, -0.25) is 20.5 Å². The maximum absolute atomic E-state index is 11.3. The Morgan fingerprint density at radius 2 is 2.07 bits per heavy atom. The number of alkyl halides is 1. The molecule has 1 heterocycles. The molecule has 1 aliphatic rings. The van der Waals surface area contributed by atoms with Gasteiger partial charge in [0.15, 0.2) is 0 Å². The second kappa shape index (κ2) is 9.62. The number of nitrogens with one attached hydrogen (secondary N) is 1. The van der Waals surface area contributed by atoms with E-state index in [1.807, 2.05) is 18.2 Å². The predicted molar refractivity (Wildman–Crippen MR) is 118 cm³/mol. The Kier molecular flexibility index (Phi) is 6.95. The lowest BCUT2D eigenvalue weighted by Gasteiger charge is -2.09. The van der Waals surface area contributed by atoms with Gasteiger partial charge in [0, 0.05) is 28.3 Å². The second-order valence-electron chi connectivity index (χ2n) is 6.34. The molecular formula is C20H19Cl2N5O2. The van der Waals surface area contributed by atoms with Gasteiger partial charge in [0.25, 0.3) is 5.69 Å². The monoisotopic (exact) mass is 431 g/mol. The average molecular weight is 432 g/mol. The van der Waals surface area contributed by atoms with Crippen molar-refractivity contribution in [2.75, 3.05) is 12.4 Å². The lowest BCUT2D eigenvalue weighted by molar-refractivity contribution is -0.384. The summed E-state index contributed by atoms with van der Waals surface area (Å²) in [4.78, 5) is 20.1. The van der Waals surface area contributed by atoms with E-state index in [-0.39, 0.29) is 12.2 Å². The van der Waals surface area contributed by atoms with Crippen LogP contribution in [-0.2, 0) is 0 Å². The molecule has 0 fully saturated rings. The Bertz CT molecular complexity index is 1020. The first kappa shape index (κ1) is 21.0. The Balaban J connectivity index is 2.07. The Hall–Kier alpha value is -2.77. The van der Waals surface area contributed by atoms with Crippen LogP contribution in [0.5, 0.6) is 0 Å². The minimum Gasteiger partial charge on any atom is -0.276 e. The average Bonchev–Trinajstić information content (AvgIpc) is 2.90. The second-order valence-corrected chi connectivity index (χ2v) is 7.01. The summed E-state index contributed by atoms with van der Waals surface area (Å²) in [6.07, 6.45) is 1.71. The van der Waals surface area contributed by atoms with Crippen molar-refractivity contribution in [3.05, 3.63) is 68.7 Å². The fraction of sp³-hybridized carbons (Fsp3) is 0.250. The van der Waals surface area contributed by atoms with E-state index < -0.39 is 4.92 Å². The zero-order chi connectivity index (χ0) is 20.8. The summed E-state index contributed by atoms with van der Waals surface area (Å²) in [5, 5.41) is 16.1. The first-order valence-corrected chi connectivity index (χ1v) is 9.97. The van der Waals surface area contributed by atoms with Gasteiger partial charge in [-0.2, -0.15) is 5.10 Å². The van der Waals surface area contributed by atoms with Crippen LogP contribution < -0.4 is 5.43 Å². The number of nitro groups is 1. The van der Waals surface area contributed by atoms with Crippen molar-refractivity contribution >= 4 is 51.8 Å². The molecule has 0 bridgehead atoms. The fourth-order valence-corrected chi connectivity index (χ4v) is 3.29. The molecule has 0 aromatic heterocycles. The molecule has 0 radical (unpaired) electrons. The van der Waals surface area contributed by atoms with Crippen molar-refractivity contribution in [1.82, 2.24) is 5.43 Å². The van der Waals surface area contributed by atoms with Gasteiger partial charge in [-0.25, -0.2) is 4.99 Å². The molecule has 1 aliphatic heterocycles. The normalized spacial score (nSPS) is 13.8. The summed E-state index contributed by atoms with van der Waals surface area (Å²) < 4.78 is 0. The number of hydrazone groups is 1. The molecule has 0 unspecified atom stereocenters. The minimum absolute atomic E-state index is 0.0412. The third-order valence-electron chi connectivity index (χ3n) is 4.25. The number of amidine groups is 1. The van der Waals surface area contributed by atoms with Gasteiger partial charge < -0.3 is 0 Å². The summed E-state index contributed by atoms with van der Waals surface area (Å²) in [5.74, 6) is 0.839. The van der Waals surface area contributed by atoms with E-state index in [9.17, 15) is 10.1 Å². The van der Waals surface area contributed by atoms with Crippen molar-refractivity contribution in [3.63, 3.8) is 0 Å². The van der Waals surface area contributed by atoms with Crippen LogP contribution in [0.25, 0.3) is 0 Å². The van der Waals surface area contributed by atoms with Crippen molar-refractivity contribution in [3.8, 4) is 0 Å². The number of aliphatic imine (C=N–C) groups is 2. The van der Waals surface area contributed by atoms with E-state index in [4.69, 9.17) is 23.2 Å². The van der Waals surface area contributed by atoms with Gasteiger partial charge in [-0.05, 0) is 18.6 Å². The Morgan fingerprint density at radius 1 is 1.28 bits per heavy atom. The first-order chi connectivity index (χ1) is 14.0. The van der Waals surface area contributed by atoms with Crippen LogP contribution >= 0.6 is 23.2 Å². The lowest BCUT2D eigenvalue weighted by atomic mass is 10.00. The van der Waals surface area contributed by atoms with Crippen LogP contribution in [-0.4, -0.2) is 34.6 Å². The molecule has 0 aliphatic carbocycles. The summed E-state index contributed by atoms with van der Waals surface area (Å²) in [7, 11) is 0. The number of hydrogen-bond donors (Lipinski definition) is 1. The summed E-state index contributed by atoms with van der Waals surface area (Å²) >= 11 is 12.3. The molecule has 2 aromatic carbocycles. The van der Waals surface area contributed by atoms with Crippen LogP contribution in [0.2, 0.25) is 5.02 Å². The molecule has 1 N–H and O–H groups in total. The molecule has 7 nitrogen and oxygen atoms in total. The lowest BCUT2D eigenvalue weighted by Crippen LogP contribution is -2.23. The molecule has 0 saturated heterocycles. The highest BCUT2D eigenvalue weighted by atomic mass is 35.5. The van der Waals surface area contributed by atoms with Crippen LogP contribution in [0.1, 0.15) is 30.9 Å². The highest BCUT2D eigenvalue weighted by Gasteiger charge is 2.21. The number of rotatable bonds is 6. The highest BCUT2D eigenvalue weighted by molar-refractivity contribution is 6.36. The molecule has 0 atom stereocenters. The number of fused-ring (bicyclic) bond motifs is 1. The molecule has 2 aromatic rings. The van der Waals surface area contributed by atoms with Crippen LogP contribution in [0.15, 0.2) is 57.6 Å². The van der Waals surface area contributed by atoms with Crippen molar-refractivity contribution < 1.29 is 4.92 Å². The quantitative estimate of drug-likeness (QED) is 0.297. The van der Waals surface area contributed by atoms with E-state index in [0.29, 0.717) is 39.3 Å². The Morgan fingerprint density at radius 3 is 2.76 bits per heavy atom. The van der Waals surface area contributed by atoms with Gasteiger partial charge in [0.05, 0.1) is 34.5 Å². The molecule has 9 heteroatoms. The molecule has 0 saturated carbocycles. The minimum atomic E-state index is -0.444. The van der Waals surface area contributed by atoms with Crippen molar-refractivity contribution in [2.24, 2.45) is 15.1 Å². The number of hydrogen-bond acceptors (Lipinski definition) is 6. The third kappa shape index (κ3) is 4.99. The summed E-state index contributed by atoms with van der Waals surface area (Å²) in [6, 6.07) is 11.7. The molecule has 0 spiro atoms. The van der Waals surface area contributed by atoms with E-state index >= 15 is 0 Å². The van der Waals surface area contributed by atoms with Gasteiger partial charge in [0.1, 0.15) is 5.84 Å². The number of nitrogens with zero attached hydrogens (tertiary/aromatic N) is 4. The van der Waals surface area contributed by atoms with E-state index in [1.165, 1.54) is 12.1 Å². The molecule has 0 amide bonds. The number of nitro benzene ring substituents is 1. The maximum atomic E-state index is 11.3. The standard InChI is InChI=1S/C20H19Cl2N5O2/c1-2-5-13(11-21)25-26-19-12-23-20(15-6-3-4-7-17(15)22)16-10-14(27(28)29)8-9-18(16)24-19/h3-4,6-10H,2,5,11-12H2,1H3,(H,24,26)/b25-13+. The Labute approximate surface area is 178 Å².